The molecule has 108 valence electrons. The van der Waals surface area contributed by atoms with Gasteiger partial charge in [0.15, 0.2) is 5.78 Å². The Bertz CT molecular complexity index is 803. The number of Topliss-reactive ketones (excluding diaryl/α,β-unsaturated/α-hetero) is 1. The maximum Gasteiger partial charge on any atom is 0.266 e. The molecule has 1 heterocycles. The molecule has 22 heavy (non-hydrogen) atoms. The van der Waals surface area contributed by atoms with Gasteiger partial charge in [0.05, 0.1) is 16.8 Å². The van der Waals surface area contributed by atoms with Crippen molar-refractivity contribution < 1.29 is 14.4 Å². The molecule has 0 aromatic heterocycles. The van der Waals surface area contributed by atoms with Crippen LogP contribution in [0, 0.1) is 0 Å². The number of anilines is 1. The molecular weight excluding hydrogens is 278 g/mol. The third-order valence-electron chi connectivity index (χ3n) is 4.30. The molecule has 1 aliphatic carbocycles. The van der Waals surface area contributed by atoms with E-state index in [-0.39, 0.29) is 17.6 Å². The number of carbonyl (C=O) groups excluding carboxylic acids is 3. The predicted octanol–water partition coefficient (Wildman–Crippen LogP) is 3.01. The summed E-state index contributed by atoms with van der Waals surface area (Å²) >= 11 is 0. The van der Waals surface area contributed by atoms with Gasteiger partial charge < -0.3 is 0 Å². The molecule has 0 fully saturated rings. The highest BCUT2D eigenvalue weighted by Gasteiger charge is 2.36. The van der Waals surface area contributed by atoms with Crippen molar-refractivity contribution in [1.82, 2.24) is 0 Å². The maximum atomic E-state index is 12.5. The largest absolute Gasteiger partial charge is 0.294 e. The van der Waals surface area contributed by atoms with Gasteiger partial charge >= 0.3 is 0 Å². The first-order valence-corrected chi connectivity index (χ1v) is 7.31. The van der Waals surface area contributed by atoms with Crippen LogP contribution in [0.4, 0.5) is 5.69 Å². The van der Waals surface area contributed by atoms with Crippen LogP contribution in [0.3, 0.4) is 0 Å². The Hall–Kier alpha value is -2.75. The Morgan fingerprint density at radius 1 is 0.773 bits per heavy atom. The third-order valence-corrected chi connectivity index (χ3v) is 4.30. The molecule has 4 nitrogen and oxygen atoms in total. The molecule has 2 aliphatic rings. The molecule has 0 N–H and O–H groups in total. The van der Waals surface area contributed by atoms with E-state index in [2.05, 4.69) is 0 Å². The molecule has 0 unspecified atom stereocenters. The van der Waals surface area contributed by atoms with Crippen LogP contribution in [0.15, 0.2) is 42.5 Å². The van der Waals surface area contributed by atoms with Gasteiger partial charge in [0, 0.05) is 12.0 Å². The van der Waals surface area contributed by atoms with Crippen molar-refractivity contribution in [2.75, 3.05) is 4.90 Å². The van der Waals surface area contributed by atoms with E-state index in [1.54, 1.807) is 36.4 Å². The zero-order valence-electron chi connectivity index (χ0n) is 11.8. The summed E-state index contributed by atoms with van der Waals surface area (Å²) in [5, 5.41) is 0. The van der Waals surface area contributed by atoms with E-state index < -0.39 is 0 Å². The minimum absolute atomic E-state index is 0.0831. The molecule has 0 saturated carbocycles. The van der Waals surface area contributed by atoms with Crippen LogP contribution in [0.2, 0.25) is 0 Å². The van der Waals surface area contributed by atoms with E-state index in [1.807, 2.05) is 6.07 Å². The minimum atomic E-state index is -0.330. The number of nitrogens with zero attached hydrogens (tertiary/aromatic N) is 1. The van der Waals surface area contributed by atoms with Crippen LogP contribution in [0.5, 0.6) is 0 Å². The fourth-order valence-corrected chi connectivity index (χ4v) is 3.18. The third kappa shape index (κ3) is 1.73. The number of carbonyl (C=O) groups is 3. The first-order chi connectivity index (χ1) is 10.7. The van der Waals surface area contributed by atoms with Crippen molar-refractivity contribution in [3.63, 3.8) is 0 Å². The second-order valence-electron chi connectivity index (χ2n) is 5.61. The zero-order chi connectivity index (χ0) is 15.3. The molecular formula is C18H13NO3. The summed E-state index contributed by atoms with van der Waals surface area (Å²) in [6, 6.07) is 12.1. The highest BCUT2D eigenvalue weighted by atomic mass is 16.2. The van der Waals surface area contributed by atoms with Crippen LogP contribution in [-0.2, 0) is 6.42 Å². The topological polar surface area (TPSA) is 54.5 Å². The normalized spacial score (nSPS) is 16.7. The van der Waals surface area contributed by atoms with Gasteiger partial charge in [-0.25, -0.2) is 4.90 Å². The molecule has 4 rings (SSSR count). The molecule has 0 bridgehead atoms. The Kier molecular flexibility index (Phi) is 2.73. The Labute approximate surface area is 127 Å². The number of aryl methyl sites for hydroxylation is 1. The molecule has 2 aromatic rings. The first kappa shape index (κ1) is 13.0. The lowest BCUT2D eigenvalue weighted by molar-refractivity contribution is 0.0921. The highest BCUT2D eigenvalue weighted by Crippen LogP contribution is 2.31. The highest BCUT2D eigenvalue weighted by molar-refractivity contribution is 6.34. The van der Waals surface area contributed by atoms with Gasteiger partial charge in [0.1, 0.15) is 0 Å². The SMILES string of the molecule is O=C1CCCc2ccc(N3C(=O)c4ccccc4C3=O)cc21. The van der Waals surface area contributed by atoms with Gasteiger partial charge in [-0.2, -0.15) is 0 Å². The molecule has 2 aromatic carbocycles. The van der Waals surface area contributed by atoms with Crippen LogP contribution in [0.25, 0.3) is 0 Å². The summed E-state index contributed by atoms with van der Waals surface area (Å²) in [4.78, 5) is 38.2. The quantitative estimate of drug-likeness (QED) is 0.759. The van der Waals surface area contributed by atoms with Crippen LogP contribution in [-0.4, -0.2) is 17.6 Å². The van der Waals surface area contributed by atoms with Crippen molar-refractivity contribution >= 4 is 23.3 Å². The smallest absolute Gasteiger partial charge is 0.266 e. The van der Waals surface area contributed by atoms with E-state index in [0.29, 0.717) is 28.8 Å². The van der Waals surface area contributed by atoms with Gasteiger partial charge in [0.25, 0.3) is 11.8 Å². The lowest BCUT2D eigenvalue weighted by atomic mass is 9.90. The van der Waals surface area contributed by atoms with Crippen molar-refractivity contribution in [3.8, 4) is 0 Å². The summed E-state index contributed by atoms with van der Waals surface area (Å²) in [6.45, 7) is 0. The van der Waals surface area contributed by atoms with Crippen LogP contribution < -0.4 is 4.90 Å². The number of benzene rings is 2. The zero-order valence-corrected chi connectivity index (χ0v) is 11.8. The van der Waals surface area contributed by atoms with E-state index >= 15 is 0 Å². The molecule has 0 radical (unpaired) electrons. The number of hydrogen-bond acceptors (Lipinski definition) is 3. The van der Waals surface area contributed by atoms with E-state index in [0.717, 1.165) is 23.3 Å². The van der Waals surface area contributed by atoms with Crippen molar-refractivity contribution in [3.05, 3.63) is 64.7 Å². The van der Waals surface area contributed by atoms with Gasteiger partial charge in [-0.15, -0.1) is 0 Å². The molecule has 4 heteroatoms. The number of hydrogen-bond donors (Lipinski definition) is 0. The molecule has 0 saturated heterocycles. The average molecular weight is 291 g/mol. The summed E-state index contributed by atoms with van der Waals surface area (Å²) in [5.41, 5.74) is 2.94. The molecule has 0 spiro atoms. The van der Waals surface area contributed by atoms with E-state index in [9.17, 15) is 14.4 Å². The maximum absolute atomic E-state index is 12.5. The van der Waals surface area contributed by atoms with Crippen LogP contribution in [0.1, 0.15) is 49.5 Å². The number of ketones is 1. The number of rotatable bonds is 1. The summed E-state index contributed by atoms with van der Waals surface area (Å²) < 4.78 is 0. The standard InChI is InChI=1S/C18H13NO3/c20-16-7-3-4-11-8-9-12(10-15(11)16)19-17(21)13-5-1-2-6-14(13)18(19)22/h1-2,5-6,8-10H,3-4,7H2. The fourth-order valence-electron chi connectivity index (χ4n) is 3.18. The number of amides is 2. The van der Waals surface area contributed by atoms with Gasteiger partial charge in [-0.05, 0) is 42.7 Å². The second kappa shape index (κ2) is 4.63. The molecule has 2 amide bonds. The minimum Gasteiger partial charge on any atom is -0.294 e. The summed E-state index contributed by atoms with van der Waals surface area (Å²) in [6.07, 6.45) is 2.25. The van der Waals surface area contributed by atoms with Crippen LogP contribution >= 0.6 is 0 Å². The van der Waals surface area contributed by atoms with E-state index in [4.69, 9.17) is 0 Å². The second-order valence-corrected chi connectivity index (χ2v) is 5.61. The first-order valence-electron chi connectivity index (χ1n) is 7.31. The number of imide groups is 1. The van der Waals surface area contributed by atoms with Crippen molar-refractivity contribution in [2.24, 2.45) is 0 Å². The lowest BCUT2D eigenvalue weighted by Crippen LogP contribution is -2.29. The summed E-state index contributed by atoms with van der Waals surface area (Å²) in [7, 11) is 0. The molecule has 1 aliphatic heterocycles. The van der Waals surface area contributed by atoms with Crippen molar-refractivity contribution in [1.29, 1.82) is 0 Å². The Balaban J connectivity index is 1.81. The summed E-state index contributed by atoms with van der Waals surface area (Å²) in [5.74, 6) is -0.577. The molecule has 0 atom stereocenters. The lowest BCUT2D eigenvalue weighted by Gasteiger charge is -2.19. The van der Waals surface area contributed by atoms with Gasteiger partial charge in [-0.1, -0.05) is 18.2 Å². The fraction of sp³-hybridized carbons (Fsp3) is 0.167. The predicted molar refractivity (Wildman–Crippen MR) is 81.3 cm³/mol. The monoisotopic (exact) mass is 291 g/mol. The number of fused-ring (bicyclic) bond motifs is 2. The van der Waals surface area contributed by atoms with Crippen molar-refractivity contribution in [2.45, 2.75) is 19.3 Å². The Morgan fingerprint density at radius 3 is 2.14 bits per heavy atom. The average Bonchev–Trinajstić information content (AvgIpc) is 2.80. The van der Waals surface area contributed by atoms with E-state index in [1.165, 1.54) is 0 Å². The van der Waals surface area contributed by atoms with Gasteiger partial charge in [0.2, 0.25) is 0 Å². The Morgan fingerprint density at radius 2 is 1.45 bits per heavy atom. The van der Waals surface area contributed by atoms with Gasteiger partial charge in [-0.3, -0.25) is 14.4 Å².